The lowest BCUT2D eigenvalue weighted by Gasteiger charge is -1.95. The first-order valence-corrected chi connectivity index (χ1v) is 7.14. The monoisotopic (exact) mass is 286 g/mol. The van der Waals surface area contributed by atoms with Gasteiger partial charge in [0.05, 0.1) is 15.2 Å². The van der Waals surface area contributed by atoms with Crippen LogP contribution in [0.5, 0.6) is 0 Å². The van der Waals surface area contributed by atoms with E-state index in [0.717, 1.165) is 20.8 Å². The van der Waals surface area contributed by atoms with Crippen molar-refractivity contribution in [1.82, 2.24) is 10.1 Å². The average molecular weight is 286 g/mol. The zero-order valence-electron chi connectivity index (χ0n) is 10.4. The van der Waals surface area contributed by atoms with Crippen LogP contribution in [0, 0.1) is 0 Å². The molecule has 0 unspecified atom stereocenters. The topological polar surface area (TPSA) is 76.2 Å². The molecule has 1 N–H and O–H groups in total. The number of benzene rings is 1. The van der Waals surface area contributed by atoms with Gasteiger partial charge in [-0.15, -0.1) is 11.3 Å². The average Bonchev–Trinajstić information content (AvgIpc) is 3.02. The van der Waals surface area contributed by atoms with Gasteiger partial charge >= 0.3 is 5.97 Å². The summed E-state index contributed by atoms with van der Waals surface area (Å²) in [5, 5.41) is 13.6. The second kappa shape index (κ2) is 4.14. The van der Waals surface area contributed by atoms with E-state index in [1.165, 1.54) is 18.9 Å². The Morgan fingerprint density at radius 1 is 1.40 bits per heavy atom. The van der Waals surface area contributed by atoms with Gasteiger partial charge in [0.15, 0.2) is 11.5 Å². The molecule has 2 heterocycles. The van der Waals surface area contributed by atoms with E-state index >= 15 is 0 Å². The number of aromatic nitrogens is 2. The van der Waals surface area contributed by atoms with E-state index in [0.29, 0.717) is 11.7 Å². The molecule has 20 heavy (non-hydrogen) atoms. The Bertz CT molecular complexity index is 817. The fourth-order valence-corrected chi connectivity index (χ4v) is 3.34. The molecule has 1 aliphatic carbocycles. The van der Waals surface area contributed by atoms with Gasteiger partial charge in [-0.1, -0.05) is 11.2 Å². The van der Waals surface area contributed by atoms with Crippen molar-refractivity contribution in [2.24, 2.45) is 0 Å². The van der Waals surface area contributed by atoms with Gasteiger partial charge in [0.25, 0.3) is 0 Å². The van der Waals surface area contributed by atoms with Crippen molar-refractivity contribution < 1.29 is 14.4 Å². The summed E-state index contributed by atoms with van der Waals surface area (Å²) < 4.78 is 6.23. The van der Waals surface area contributed by atoms with Gasteiger partial charge in [-0.2, -0.15) is 0 Å². The highest BCUT2D eigenvalue weighted by Crippen LogP contribution is 2.44. The van der Waals surface area contributed by atoms with Gasteiger partial charge in [0.1, 0.15) is 0 Å². The summed E-state index contributed by atoms with van der Waals surface area (Å²) in [6.45, 7) is 0. The lowest BCUT2D eigenvalue weighted by molar-refractivity contribution is 0.0686. The first kappa shape index (κ1) is 11.6. The number of carboxylic acid groups (broad SMARTS) is 1. The summed E-state index contributed by atoms with van der Waals surface area (Å²) in [4.78, 5) is 15.6. The maximum atomic E-state index is 10.9. The third-order valence-electron chi connectivity index (χ3n) is 3.36. The lowest BCUT2D eigenvalue weighted by Crippen LogP contribution is -1.94. The Hall–Kier alpha value is -2.21. The molecule has 100 valence electrons. The van der Waals surface area contributed by atoms with E-state index in [9.17, 15) is 4.79 Å². The highest BCUT2D eigenvalue weighted by molar-refractivity contribution is 7.18. The van der Waals surface area contributed by atoms with Crippen LogP contribution in [0.2, 0.25) is 0 Å². The van der Waals surface area contributed by atoms with Crippen LogP contribution in [0.25, 0.3) is 21.5 Å². The molecule has 2 aromatic heterocycles. The molecule has 0 amide bonds. The van der Waals surface area contributed by atoms with Crippen LogP contribution in [-0.2, 0) is 0 Å². The second-order valence-corrected chi connectivity index (χ2v) is 5.92. The van der Waals surface area contributed by atoms with Gasteiger partial charge in [-0.25, -0.2) is 9.78 Å². The molecule has 0 aliphatic heterocycles. The van der Waals surface area contributed by atoms with Crippen LogP contribution < -0.4 is 0 Å². The van der Waals surface area contributed by atoms with Crippen molar-refractivity contribution in [2.75, 3.05) is 0 Å². The smallest absolute Gasteiger partial charge is 0.358 e. The van der Waals surface area contributed by atoms with E-state index in [-0.39, 0.29) is 5.69 Å². The number of hydrogen-bond acceptors (Lipinski definition) is 5. The Labute approximate surface area is 117 Å². The summed E-state index contributed by atoms with van der Waals surface area (Å²) in [5.74, 6) is -0.0469. The minimum Gasteiger partial charge on any atom is -0.476 e. The minimum absolute atomic E-state index is 0.0883. The molecule has 0 spiro atoms. The summed E-state index contributed by atoms with van der Waals surface area (Å²) in [6, 6.07) is 7.27. The van der Waals surface area contributed by atoms with Crippen LogP contribution in [0.3, 0.4) is 0 Å². The predicted octanol–water partition coefficient (Wildman–Crippen LogP) is 3.53. The molecule has 1 aliphatic rings. The summed E-state index contributed by atoms with van der Waals surface area (Å²) in [6.07, 6.45) is 2.42. The SMILES string of the molecule is O=C(O)c1cc(-c2cccc3sc(C4CC4)nc23)on1. The Morgan fingerprint density at radius 2 is 2.25 bits per heavy atom. The third-order valence-corrected chi connectivity index (χ3v) is 4.54. The van der Waals surface area contributed by atoms with Gasteiger partial charge in [0, 0.05) is 17.5 Å². The highest BCUT2D eigenvalue weighted by Gasteiger charge is 2.27. The van der Waals surface area contributed by atoms with E-state index in [2.05, 4.69) is 10.1 Å². The molecule has 0 atom stereocenters. The first-order valence-electron chi connectivity index (χ1n) is 6.32. The molecule has 1 aromatic carbocycles. The van der Waals surface area contributed by atoms with Crippen LogP contribution in [0.4, 0.5) is 0 Å². The van der Waals surface area contributed by atoms with Crippen LogP contribution >= 0.6 is 11.3 Å². The molecule has 6 heteroatoms. The van der Waals surface area contributed by atoms with Crippen molar-refractivity contribution in [1.29, 1.82) is 0 Å². The van der Waals surface area contributed by atoms with E-state index in [1.807, 2.05) is 18.2 Å². The number of fused-ring (bicyclic) bond motifs is 1. The first-order chi connectivity index (χ1) is 9.72. The molecule has 5 nitrogen and oxygen atoms in total. The fraction of sp³-hybridized carbons (Fsp3) is 0.214. The number of carboxylic acids is 1. The minimum atomic E-state index is -1.09. The van der Waals surface area contributed by atoms with Crippen LogP contribution in [-0.4, -0.2) is 21.2 Å². The lowest BCUT2D eigenvalue weighted by atomic mass is 10.1. The summed E-state index contributed by atoms with van der Waals surface area (Å²) >= 11 is 1.70. The number of carbonyl (C=O) groups is 1. The van der Waals surface area contributed by atoms with Crippen LogP contribution in [0.15, 0.2) is 28.8 Å². The van der Waals surface area contributed by atoms with Crippen molar-refractivity contribution in [3.05, 3.63) is 35.0 Å². The molecule has 0 radical (unpaired) electrons. The molecule has 1 saturated carbocycles. The number of aromatic carboxylic acids is 1. The Balaban J connectivity index is 1.87. The number of para-hydroxylation sites is 1. The Kier molecular flexibility index (Phi) is 2.40. The number of thiazole rings is 1. The van der Waals surface area contributed by atoms with Crippen molar-refractivity contribution >= 4 is 27.5 Å². The maximum Gasteiger partial charge on any atom is 0.358 e. The van der Waals surface area contributed by atoms with Gasteiger partial charge in [-0.05, 0) is 25.0 Å². The third kappa shape index (κ3) is 1.80. The molecule has 0 bridgehead atoms. The maximum absolute atomic E-state index is 10.9. The molecular formula is C14H10N2O3S. The molecule has 3 aromatic rings. The number of nitrogens with zero attached hydrogens (tertiary/aromatic N) is 2. The molecular weight excluding hydrogens is 276 g/mol. The molecule has 0 saturated heterocycles. The zero-order chi connectivity index (χ0) is 13.7. The number of rotatable bonds is 3. The van der Waals surface area contributed by atoms with Gasteiger partial charge in [0.2, 0.25) is 0 Å². The normalized spacial score (nSPS) is 14.8. The quantitative estimate of drug-likeness (QED) is 0.797. The zero-order valence-corrected chi connectivity index (χ0v) is 11.2. The van der Waals surface area contributed by atoms with Gasteiger partial charge in [-0.3, -0.25) is 0 Å². The van der Waals surface area contributed by atoms with E-state index < -0.39 is 5.97 Å². The Morgan fingerprint density at radius 3 is 2.95 bits per heavy atom. The van der Waals surface area contributed by atoms with E-state index in [4.69, 9.17) is 9.63 Å². The molecule has 4 rings (SSSR count). The largest absolute Gasteiger partial charge is 0.476 e. The standard InChI is InChI=1S/C14H10N2O3S/c17-14(18)9-6-10(19-16-9)8-2-1-3-11-12(8)15-13(20-11)7-4-5-7/h1-3,6-7H,4-5H2,(H,17,18). The second-order valence-electron chi connectivity index (χ2n) is 4.86. The van der Waals surface area contributed by atoms with E-state index in [1.54, 1.807) is 11.3 Å². The fourth-order valence-electron chi connectivity index (χ4n) is 2.17. The highest BCUT2D eigenvalue weighted by atomic mass is 32.1. The molecule has 1 fully saturated rings. The van der Waals surface area contributed by atoms with Gasteiger partial charge < -0.3 is 9.63 Å². The summed E-state index contributed by atoms with van der Waals surface area (Å²) in [7, 11) is 0. The van der Waals surface area contributed by atoms with Crippen LogP contribution in [0.1, 0.15) is 34.3 Å². The van der Waals surface area contributed by atoms with Crippen molar-refractivity contribution in [3.63, 3.8) is 0 Å². The van der Waals surface area contributed by atoms with Crippen molar-refractivity contribution in [2.45, 2.75) is 18.8 Å². The van der Waals surface area contributed by atoms with Crippen molar-refractivity contribution in [3.8, 4) is 11.3 Å². The predicted molar refractivity (Wildman–Crippen MR) is 74.1 cm³/mol. The summed E-state index contributed by atoms with van der Waals surface area (Å²) in [5.41, 5.74) is 1.58. The number of hydrogen-bond donors (Lipinski definition) is 1.